The van der Waals surface area contributed by atoms with Gasteiger partial charge in [0.15, 0.2) is 0 Å². The highest BCUT2D eigenvalue weighted by molar-refractivity contribution is 5.95. The highest BCUT2D eigenvalue weighted by Gasteiger charge is 2.31. The summed E-state index contributed by atoms with van der Waals surface area (Å²) in [6.45, 7) is 0. The normalized spacial score (nSPS) is 13.6. The number of hydrogen-bond donors (Lipinski definition) is 8. The molecule has 0 radical (unpaired) electrons. The summed E-state index contributed by atoms with van der Waals surface area (Å²) in [5, 5.41) is 35.1. The molecule has 220 valence electrons. The average Bonchev–Trinajstić information content (AvgIpc) is 2.91. The summed E-state index contributed by atoms with van der Waals surface area (Å²) in [4.78, 5) is 73.0. The Morgan fingerprint density at radius 3 is 1.68 bits per heavy atom. The average molecular weight is 572 g/mol. The quantitative estimate of drug-likeness (QED) is 0.119. The van der Waals surface area contributed by atoms with Gasteiger partial charge in [-0.1, -0.05) is 42.5 Å². The van der Waals surface area contributed by atoms with Crippen LogP contribution in [0.25, 0.3) is 0 Å². The van der Waals surface area contributed by atoms with Crippen molar-refractivity contribution in [2.24, 2.45) is 11.5 Å². The highest BCUT2D eigenvalue weighted by atomic mass is 16.4. The molecule has 4 unspecified atom stereocenters. The standard InChI is InChI=1S/C27H33N5O9/c28-18(10-11-23(35)36)24(37)30-19(13-16-6-8-17(33)9-7-16)25(38)31-20(12-15-4-2-1-3-5-15)26(39)32-21(27(40)41)14-22(29)34/h1-9,18-21,33H,10-14,28H2,(H2,29,34)(H,30,37)(H,31,38)(H,32,39)(H,35,36)(H,40,41). The monoisotopic (exact) mass is 571 g/mol. The first kappa shape index (κ1) is 32.2. The van der Waals surface area contributed by atoms with Gasteiger partial charge in [-0.2, -0.15) is 0 Å². The smallest absolute Gasteiger partial charge is 0.326 e. The number of carbonyl (C=O) groups excluding carboxylic acids is 4. The summed E-state index contributed by atoms with van der Waals surface area (Å²) in [6.07, 6.45) is -1.41. The Morgan fingerprint density at radius 1 is 0.707 bits per heavy atom. The molecule has 14 heteroatoms. The van der Waals surface area contributed by atoms with E-state index in [4.69, 9.17) is 16.6 Å². The van der Waals surface area contributed by atoms with Gasteiger partial charge in [-0.25, -0.2) is 4.79 Å². The Bertz CT molecular complexity index is 1240. The molecule has 41 heavy (non-hydrogen) atoms. The number of carbonyl (C=O) groups is 6. The maximum Gasteiger partial charge on any atom is 0.326 e. The number of rotatable bonds is 16. The second kappa shape index (κ2) is 15.6. The van der Waals surface area contributed by atoms with Gasteiger partial charge in [0.1, 0.15) is 23.9 Å². The number of carboxylic acids is 2. The van der Waals surface area contributed by atoms with Gasteiger partial charge in [0.25, 0.3) is 0 Å². The van der Waals surface area contributed by atoms with Crippen LogP contribution in [-0.4, -0.2) is 75.1 Å². The number of carboxylic acid groups (broad SMARTS) is 2. The summed E-state index contributed by atoms with van der Waals surface area (Å²) in [6, 6.07) is 8.77. The molecule has 0 spiro atoms. The van der Waals surface area contributed by atoms with E-state index < -0.39 is 66.2 Å². The van der Waals surface area contributed by atoms with Gasteiger partial charge in [-0.05, 0) is 29.7 Å². The molecule has 2 rings (SSSR count). The number of phenols is 1. The number of phenolic OH excluding ortho intramolecular Hbond substituents is 1. The SMILES string of the molecule is NC(=O)CC(NC(=O)C(Cc1ccccc1)NC(=O)C(Cc1ccc(O)cc1)NC(=O)C(N)CCC(=O)O)C(=O)O. The van der Waals surface area contributed by atoms with Gasteiger partial charge < -0.3 is 42.7 Å². The van der Waals surface area contributed by atoms with E-state index in [0.717, 1.165) is 0 Å². The van der Waals surface area contributed by atoms with E-state index in [2.05, 4.69) is 16.0 Å². The van der Waals surface area contributed by atoms with Crippen molar-refractivity contribution in [1.29, 1.82) is 0 Å². The molecule has 0 bridgehead atoms. The molecular formula is C27H33N5O9. The maximum absolute atomic E-state index is 13.5. The molecule has 10 N–H and O–H groups in total. The van der Waals surface area contributed by atoms with Crippen LogP contribution in [0.3, 0.4) is 0 Å². The third-order valence-electron chi connectivity index (χ3n) is 5.95. The molecule has 4 amide bonds. The fraction of sp³-hybridized carbons (Fsp3) is 0.333. The first-order valence-electron chi connectivity index (χ1n) is 12.6. The highest BCUT2D eigenvalue weighted by Crippen LogP contribution is 2.13. The second-order valence-electron chi connectivity index (χ2n) is 9.29. The summed E-state index contributed by atoms with van der Waals surface area (Å²) in [7, 11) is 0. The summed E-state index contributed by atoms with van der Waals surface area (Å²) in [5.41, 5.74) is 12.0. The Kier molecular flexibility index (Phi) is 12.2. The molecule has 0 aromatic heterocycles. The molecule has 2 aromatic rings. The Balaban J connectivity index is 2.32. The van der Waals surface area contributed by atoms with Crippen molar-refractivity contribution < 1.29 is 44.1 Å². The Hall–Kier alpha value is -4.98. The summed E-state index contributed by atoms with van der Waals surface area (Å²) >= 11 is 0. The van der Waals surface area contributed by atoms with Crippen LogP contribution in [-0.2, 0) is 41.6 Å². The predicted molar refractivity (Wildman–Crippen MR) is 144 cm³/mol. The second-order valence-corrected chi connectivity index (χ2v) is 9.29. The lowest BCUT2D eigenvalue weighted by Gasteiger charge is -2.25. The molecule has 2 aromatic carbocycles. The molecule has 0 saturated carbocycles. The van der Waals surface area contributed by atoms with Crippen molar-refractivity contribution in [1.82, 2.24) is 16.0 Å². The van der Waals surface area contributed by atoms with E-state index in [0.29, 0.717) is 11.1 Å². The van der Waals surface area contributed by atoms with Gasteiger partial charge in [-0.15, -0.1) is 0 Å². The van der Waals surface area contributed by atoms with Crippen molar-refractivity contribution >= 4 is 35.6 Å². The number of hydrogen-bond acceptors (Lipinski definition) is 8. The van der Waals surface area contributed by atoms with Crippen LogP contribution in [0.4, 0.5) is 0 Å². The maximum atomic E-state index is 13.5. The minimum atomic E-state index is -1.64. The summed E-state index contributed by atoms with van der Waals surface area (Å²) < 4.78 is 0. The van der Waals surface area contributed by atoms with E-state index in [1.165, 1.54) is 24.3 Å². The number of nitrogens with two attached hydrogens (primary N) is 2. The van der Waals surface area contributed by atoms with Gasteiger partial charge in [0, 0.05) is 19.3 Å². The summed E-state index contributed by atoms with van der Waals surface area (Å²) in [5.74, 6) is -6.19. The molecular weight excluding hydrogens is 538 g/mol. The number of nitrogens with one attached hydrogen (secondary N) is 3. The zero-order valence-electron chi connectivity index (χ0n) is 22.0. The van der Waals surface area contributed by atoms with E-state index in [1.807, 2.05) is 0 Å². The first-order chi connectivity index (χ1) is 19.3. The lowest BCUT2D eigenvalue weighted by Crippen LogP contribution is -2.58. The fourth-order valence-corrected chi connectivity index (χ4v) is 3.77. The fourth-order valence-electron chi connectivity index (χ4n) is 3.77. The van der Waals surface area contributed by atoms with Crippen molar-refractivity contribution in [3.63, 3.8) is 0 Å². The van der Waals surface area contributed by atoms with Crippen molar-refractivity contribution in [2.45, 2.75) is 56.3 Å². The van der Waals surface area contributed by atoms with Crippen LogP contribution >= 0.6 is 0 Å². The minimum absolute atomic E-state index is 0.0296. The molecule has 0 saturated heterocycles. The molecule has 4 atom stereocenters. The number of amides is 4. The molecule has 0 aliphatic carbocycles. The van der Waals surface area contributed by atoms with Gasteiger partial charge >= 0.3 is 11.9 Å². The van der Waals surface area contributed by atoms with Crippen LogP contribution in [0.2, 0.25) is 0 Å². The first-order valence-corrected chi connectivity index (χ1v) is 12.6. The number of primary amides is 1. The third kappa shape index (κ3) is 11.3. The van der Waals surface area contributed by atoms with Crippen LogP contribution in [0, 0.1) is 0 Å². The van der Waals surface area contributed by atoms with Crippen LogP contribution in [0.1, 0.15) is 30.4 Å². The molecule has 0 aliphatic heterocycles. The number of aromatic hydroxyl groups is 1. The lowest BCUT2D eigenvalue weighted by molar-refractivity contribution is -0.143. The van der Waals surface area contributed by atoms with Crippen LogP contribution in [0.5, 0.6) is 5.75 Å². The van der Waals surface area contributed by atoms with E-state index in [9.17, 15) is 39.0 Å². The third-order valence-corrected chi connectivity index (χ3v) is 5.95. The van der Waals surface area contributed by atoms with Crippen molar-refractivity contribution in [3.05, 3.63) is 65.7 Å². The largest absolute Gasteiger partial charge is 0.508 e. The van der Waals surface area contributed by atoms with Crippen molar-refractivity contribution in [2.75, 3.05) is 0 Å². The number of aliphatic carboxylic acids is 2. The molecule has 0 fully saturated rings. The molecule has 0 aliphatic rings. The zero-order chi connectivity index (χ0) is 30.5. The zero-order valence-corrected chi connectivity index (χ0v) is 22.0. The van der Waals surface area contributed by atoms with Crippen LogP contribution < -0.4 is 27.4 Å². The lowest BCUT2D eigenvalue weighted by atomic mass is 10.0. The van der Waals surface area contributed by atoms with E-state index in [-0.39, 0.29) is 31.4 Å². The predicted octanol–water partition coefficient (Wildman–Crippen LogP) is -1.22. The van der Waals surface area contributed by atoms with E-state index >= 15 is 0 Å². The van der Waals surface area contributed by atoms with Gasteiger partial charge in [0.2, 0.25) is 23.6 Å². The molecule has 14 nitrogen and oxygen atoms in total. The van der Waals surface area contributed by atoms with Gasteiger partial charge in [0.05, 0.1) is 12.5 Å². The Labute approximate surface area is 235 Å². The Morgan fingerprint density at radius 2 is 1.20 bits per heavy atom. The van der Waals surface area contributed by atoms with Gasteiger partial charge in [-0.3, -0.25) is 24.0 Å². The van der Waals surface area contributed by atoms with Crippen LogP contribution in [0.15, 0.2) is 54.6 Å². The van der Waals surface area contributed by atoms with Crippen molar-refractivity contribution in [3.8, 4) is 5.75 Å². The topological polar surface area (TPSA) is 251 Å². The van der Waals surface area contributed by atoms with E-state index in [1.54, 1.807) is 30.3 Å². The minimum Gasteiger partial charge on any atom is -0.508 e. The molecule has 0 heterocycles. The number of benzene rings is 2.